The van der Waals surface area contributed by atoms with Crippen molar-refractivity contribution in [3.8, 4) is 34.1 Å². The molecule has 0 aliphatic carbocycles. The Kier molecular flexibility index (Phi) is 19.7. The van der Waals surface area contributed by atoms with Gasteiger partial charge >= 0.3 is 35.2 Å². The van der Waals surface area contributed by atoms with Gasteiger partial charge in [0.2, 0.25) is 0 Å². The quantitative estimate of drug-likeness (QED) is 0.126. The summed E-state index contributed by atoms with van der Waals surface area (Å²) < 4.78 is 37.4. The molecule has 16 heterocycles. The molecule has 0 spiro atoms. The number of fused-ring (bicyclic) bond motifs is 18. The van der Waals surface area contributed by atoms with E-state index < -0.39 is 0 Å². The molecule has 5 aromatic heterocycles. The molecule has 11 aliphatic rings. The van der Waals surface area contributed by atoms with Gasteiger partial charge in [-0.1, -0.05) is 275 Å². The zero-order valence-electron chi connectivity index (χ0n) is 77.3. The first-order valence-corrected chi connectivity index (χ1v) is 46.6. The number of hydrogen-bond donors (Lipinski definition) is 0. The Hall–Kier alpha value is -14.5. The minimum absolute atomic E-state index is 0.101. The van der Waals surface area contributed by atoms with E-state index in [4.69, 9.17) is 18.6 Å². The highest BCUT2D eigenvalue weighted by atomic mass is 16.5. The SMILES string of the molecule is CC(C)(C)c1cc[n+]2c(c1)N1B(c3ccccc3)Oc3cccc(c31)C2.CC(C)(C)c1cc[n+]2c(c1)N1B3c4ccccc4-c4ccccc4N3c3cccc(c31)C2.Cc1cccc(C)c1B1Oc2cccc3c2N1c1cc(C(C)(C)C)cc[n+]1C3.Cc1cccc(C)c1B1Oc2cccc3c2N1c1cccc[n+]1C3.c1ccc(B2Oc3cccc4c3N2c2cccc[n+]2C4)cc1. The lowest BCUT2D eigenvalue weighted by Gasteiger charge is -2.33. The third-order valence-corrected chi connectivity index (χ3v) is 28.1. The number of nitrogens with zero attached hydrogens (tertiary/aromatic N) is 11. The standard InChI is InChI=1S/C28H25BN3.C24H26BN2O.C22H22BN2O.C20H18BN2O.C18H14BN2O/c1-28(2,3)20-15-16-30-18-19-9-8-14-25-27(19)32(26(30)17-20)29-23-12-6-4-10-21(23)22-11-5-7-13-24(22)31(25)29;1-16-8-6-9-17(2)22(16)25-27-21-14-19(24(3,4)5)12-13-26(21)15-18-10-7-11-20(28-25)23(18)27;1-22(2,3)17-12-13-24-15-16-8-7-11-19-21(16)25(20(24)14-17)23(26-19)18-9-5-4-6-10-18;1-14-7-5-8-15(2)19(14)21-23-18-11-3-4-12-22(18)13-16-9-6-10-17(24-21)20(16)23;1-2-8-15(9-3-1)19-21-17-11-4-5-12-20(17)13-14-7-6-10-16(22-19)18(14)21/h4-17H,18H2,1-3H3;6-14H,15H2,1-5H3;4-14H,15H2,1-3H3;3-12H,13H2,1-2H3;1-12H,13H2/q5*+1. The lowest BCUT2D eigenvalue weighted by Crippen LogP contribution is -2.59. The van der Waals surface area contributed by atoms with Crippen molar-refractivity contribution in [3.63, 3.8) is 0 Å². The number of rotatable bonds is 4. The number of pyridine rings is 5. The third-order valence-electron chi connectivity index (χ3n) is 28.1. The summed E-state index contributed by atoms with van der Waals surface area (Å²) in [6.45, 7) is 33.7. The van der Waals surface area contributed by atoms with Crippen molar-refractivity contribution in [2.24, 2.45) is 0 Å². The largest absolute Gasteiger partial charge is 0.648 e. The van der Waals surface area contributed by atoms with Gasteiger partial charge in [0, 0.05) is 96.7 Å². The molecular formula is C112H105B5N11O4+5. The van der Waals surface area contributed by atoms with E-state index in [1.165, 1.54) is 174 Å². The van der Waals surface area contributed by atoms with Crippen molar-refractivity contribution in [1.82, 2.24) is 0 Å². The molecule has 16 aromatic rings. The number of anilines is 12. The van der Waals surface area contributed by atoms with Crippen molar-refractivity contribution in [2.75, 3.05) is 28.9 Å². The van der Waals surface area contributed by atoms with Gasteiger partial charge in [-0.3, -0.25) is 4.81 Å². The molecule has 27 rings (SSSR count). The van der Waals surface area contributed by atoms with E-state index in [0.717, 1.165) is 55.7 Å². The van der Waals surface area contributed by atoms with Crippen LogP contribution in [0.2, 0.25) is 0 Å². The highest BCUT2D eigenvalue weighted by molar-refractivity contribution is 6.86. The minimum Gasteiger partial charge on any atom is -0.514 e. The number of aromatic nitrogens is 5. The molecule has 0 atom stereocenters. The molecule has 11 aliphatic heterocycles. The molecule has 0 saturated heterocycles. The summed E-state index contributed by atoms with van der Waals surface area (Å²) >= 11 is 0. The molecule has 0 unspecified atom stereocenters. The Morgan fingerprint density at radius 3 is 0.977 bits per heavy atom. The summed E-state index contributed by atoms with van der Waals surface area (Å²) in [5.41, 5.74) is 33.7. The number of hydrogen-bond acceptors (Lipinski definition) is 10. The zero-order valence-corrected chi connectivity index (χ0v) is 77.3. The van der Waals surface area contributed by atoms with Gasteiger partial charge in [-0.15, -0.1) is 0 Å². The van der Waals surface area contributed by atoms with Crippen LogP contribution in [0.5, 0.6) is 23.0 Å². The van der Waals surface area contributed by atoms with E-state index in [9.17, 15) is 0 Å². The maximum atomic E-state index is 6.57. The van der Waals surface area contributed by atoms with Crippen LogP contribution in [-0.4, -0.2) is 35.2 Å². The zero-order chi connectivity index (χ0) is 89.9. The molecule has 0 radical (unpaired) electrons. The predicted octanol–water partition coefficient (Wildman–Crippen LogP) is 18.2. The van der Waals surface area contributed by atoms with E-state index in [0.29, 0.717) is 0 Å². The molecule has 132 heavy (non-hydrogen) atoms. The average Bonchev–Trinajstić information content (AvgIpc) is 1.53. The van der Waals surface area contributed by atoms with Crippen LogP contribution >= 0.6 is 0 Å². The number of benzene rings is 11. The topological polar surface area (TPSA) is 75.8 Å². The van der Waals surface area contributed by atoms with Crippen LogP contribution in [0.4, 0.5) is 68.9 Å². The van der Waals surface area contributed by atoms with Gasteiger partial charge in [0.1, 0.15) is 61.4 Å². The highest BCUT2D eigenvalue weighted by Gasteiger charge is 2.60. The average molecular weight is 1720 g/mol. The molecule has 0 amide bonds. The van der Waals surface area contributed by atoms with Crippen molar-refractivity contribution >= 4 is 131 Å². The van der Waals surface area contributed by atoms with Gasteiger partial charge in [0.15, 0.2) is 22.7 Å². The molecule has 0 N–H and O–H groups in total. The Balaban J connectivity index is 0.0000000941. The van der Waals surface area contributed by atoms with Gasteiger partial charge in [-0.25, -0.2) is 42.1 Å². The van der Waals surface area contributed by atoms with Crippen LogP contribution in [-0.2, 0) is 49.0 Å². The first-order chi connectivity index (χ1) is 64.0. The van der Waals surface area contributed by atoms with Gasteiger partial charge < -0.3 is 23.4 Å². The summed E-state index contributed by atoms with van der Waals surface area (Å²) in [7, 11) is -0.490. The van der Waals surface area contributed by atoms with Crippen molar-refractivity contribution in [3.05, 3.63) is 407 Å². The van der Waals surface area contributed by atoms with Crippen LogP contribution in [0, 0.1) is 27.7 Å². The second-order valence-electron chi connectivity index (χ2n) is 39.7. The number of para-hydroxylation sites is 6. The maximum Gasteiger partial charge on any atom is 0.648 e. The fraction of sp³-hybridized carbons (Fsp3) is 0.188. The lowest BCUT2D eigenvalue weighted by molar-refractivity contribution is -0.676. The molecule has 15 nitrogen and oxygen atoms in total. The van der Waals surface area contributed by atoms with Crippen molar-refractivity contribution < 1.29 is 41.5 Å². The van der Waals surface area contributed by atoms with Gasteiger partial charge in [0.25, 0.3) is 29.1 Å². The van der Waals surface area contributed by atoms with Crippen molar-refractivity contribution in [1.29, 1.82) is 0 Å². The normalized spacial score (nSPS) is 14.6. The maximum absolute atomic E-state index is 6.57. The first-order valence-electron chi connectivity index (χ1n) is 46.6. The molecule has 0 bridgehead atoms. The second-order valence-corrected chi connectivity index (χ2v) is 39.7. The van der Waals surface area contributed by atoms with Crippen LogP contribution in [0.3, 0.4) is 0 Å². The molecule has 0 saturated carbocycles. The van der Waals surface area contributed by atoms with E-state index >= 15 is 0 Å². The van der Waals surface area contributed by atoms with E-state index in [1.54, 1.807) is 0 Å². The summed E-state index contributed by atoms with van der Waals surface area (Å²) in [5.74, 6) is 9.95. The summed E-state index contributed by atoms with van der Waals surface area (Å²) in [4.78, 5) is 14.6. The Bertz CT molecular complexity index is 7300. The molecule has 20 heteroatoms. The lowest BCUT2D eigenvalue weighted by atomic mass is 9.59. The summed E-state index contributed by atoms with van der Waals surface area (Å²) in [5, 5.41) is 0. The minimum atomic E-state index is -0.140. The van der Waals surface area contributed by atoms with Gasteiger partial charge in [-0.2, -0.15) is 0 Å². The van der Waals surface area contributed by atoms with Crippen LogP contribution in [0.1, 0.15) is 129 Å². The Morgan fingerprint density at radius 1 is 0.250 bits per heavy atom. The van der Waals surface area contributed by atoms with E-state index in [-0.39, 0.29) is 51.4 Å². The van der Waals surface area contributed by atoms with Gasteiger partial charge in [-0.05, 0) is 155 Å². The fourth-order valence-corrected chi connectivity index (χ4v) is 21.6. The molecular weight excluding hydrogens is 1620 g/mol. The fourth-order valence-electron chi connectivity index (χ4n) is 21.6. The second kappa shape index (κ2) is 31.7. The third kappa shape index (κ3) is 13.7. The number of aryl methyl sites for hydroxylation is 4. The predicted molar refractivity (Wildman–Crippen MR) is 536 cm³/mol. The summed E-state index contributed by atoms with van der Waals surface area (Å²) in [6, 6.07) is 110. The van der Waals surface area contributed by atoms with Crippen molar-refractivity contribution in [2.45, 2.75) is 139 Å². The molecule has 0 fully saturated rings. The van der Waals surface area contributed by atoms with E-state index in [2.05, 4.69) is 470 Å². The Morgan fingerprint density at radius 2 is 0.561 bits per heavy atom. The molecule has 11 aromatic carbocycles. The monoisotopic (exact) mass is 1720 g/mol. The molecule has 642 valence electrons. The van der Waals surface area contributed by atoms with E-state index in [1.807, 2.05) is 12.1 Å². The van der Waals surface area contributed by atoms with Crippen LogP contribution in [0.25, 0.3) is 11.1 Å². The Labute approximate surface area is 776 Å². The smallest absolute Gasteiger partial charge is 0.514 e. The summed E-state index contributed by atoms with van der Waals surface area (Å²) in [6.07, 6.45) is 11.0. The highest BCUT2D eigenvalue weighted by Crippen LogP contribution is 2.55. The van der Waals surface area contributed by atoms with Crippen LogP contribution < -0.4 is 97.6 Å². The van der Waals surface area contributed by atoms with Crippen LogP contribution in [0.15, 0.2) is 340 Å². The van der Waals surface area contributed by atoms with Gasteiger partial charge in [0.05, 0.1) is 36.7 Å². The first kappa shape index (κ1) is 81.9.